The van der Waals surface area contributed by atoms with E-state index in [2.05, 4.69) is 15.3 Å². The Morgan fingerprint density at radius 1 is 1.29 bits per heavy atom. The van der Waals surface area contributed by atoms with Crippen molar-refractivity contribution in [2.24, 2.45) is 5.14 Å². The molecule has 1 aliphatic heterocycles. The highest BCUT2D eigenvalue weighted by atomic mass is 35.5. The number of thiazole rings is 1. The molecule has 1 aliphatic rings. The van der Waals surface area contributed by atoms with Gasteiger partial charge in [-0.05, 0) is 31.2 Å². The lowest BCUT2D eigenvalue weighted by Gasteiger charge is -2.47. The van der Waals surface area contributed by atoms with E-state index in [1.807, 2.05) is 12.3 Å². The van der Waals surface area contributed by atoms with Crippen LogP contribution in [0.3, 0.4) is 0 Å². The summed E-state index contributed by atoms with van der Waals surface area (Å²) in [6.45, 7) is 2.10. The Hall–Kier alpha value is -1.99. The van der Waals surface area contributed by atoms with E-state index in [-0.39, 0.29) is 30.8 Å². The first kappa shape index (κ1) is 22.2. The third kappa shape index (κ3) is 4.35. The summed E-state index contributed by atoms with van der Waals surface area (Å²) in [6, 6.07) is 5.35. The van der Waals surface area contributed by atoms with Crippen molar-refractivity contribution in [2.75, 3.05) is 25.0 Å². The van der Waals surface area contributed by atoms with E-state index < -0.39 is 27.5 Å². The molecule has 13 heteroatoms. The molecule has 7 nitrogen and oxygen atoms in total. The Kier molecular flexibility index (Phi) is 5.41. The number of anilines is 1. The number of aryl methyl sites for hydroxylation is 1. The van der Waals surface area contributed by atoms with Crippen LogP contribution in [0.2, 0.25) is 5.02 Å². The standard InChI is InChI=1S/C18H17ClF3N5O2S2/c1-10-6-30-16(25-10)17(8-27(9-17)31(23,28)29)7-24-14-5-15(18(20,21)22)26-13-3-2-11(19)4-12(13)14/h2-6H,7-9H2,1H3,(H,24,26)(H2,23,28,29). The SMILES string of the molecule is Cc1csc(C2(CNc3cc(C(F)(F)F)nc4ccc(Cl)cc34)CN(S(N)(=O)=O)C2)n1. The fourth-order valence-corrected chi connectivity index (χ4v) is 5.49. The van der Waals surface area contributed by atoms with Crippen molar-refractivity contribution < 1.29 is 21.6 Å². The van der Waals surface area contributed by atoms with Gasteiger partial charge >= 0.3 is 6.18 Å². The van der Waals surface area contributed by atoms with Crippen molar-refractivity contribution in [3.63, 3.8) is 0 Å². The van der Waals surface area contributed by atoms with Gasteiger partial charge in [0.1, 0.15) is 10.7 Å². The van der Waals surface area contributed by atoms with Gasteiger partial charge in [0.05, 0.1) is 10.9 Å². The predicted octanol–water partition coefficient (Wildman–Crippen LogP) is 3.54. The van der Waals surface area contributed by atoms with E-state index in [1.54, 1.807) is 0 Å². The monoisotopic (exact) mass is 491 g/mol. The van der Waals surface area contributed by atoms with Gasteiger partial charge in [0.15, 0.2) is 0 Å². The zero-order valence-electron chi connectivity index (χ0n) is 16.1. The van der Waals surface area contributed by atoms with E-state index in [1.165, 1.54) is 29.5 Å². The zero-order valence-corrected chi connectivity index (χ0v) is 18.5. The predicted molar refractivity (Wildman–Crippen MR) is 113 cm³/mol. The van der Waals surface area contributed by atoms with Crippen LogP contribution in [0.15, 0.2) is 29.6 Å². The fraction of sp³-hybridized carbons (Fsp3) is 0.333. The van der Waals surface area contributed by atoms with Crippen molar-refractivity contribution in [3.05, 3.63) is 51.1 Å². The number of halogens is 4. The number of hydrogen-bond acceptors (Lipinski definition) is 6. The number of fused-ring (bicyclic) bond motifs is 1. The number of nitrogens with one attached hydrogen (secondary N) is 1. The van der Waals surface area contributed by atoms with Gasteiger partial charge in [0.2, 0.25) is 0 Å². The van der Waals surface area contributed by atoms with Crippen LogP contribution >= 0.6 is 22.9 Å². The largest absolute Gasteiger partial charge is 0.433 e. The molecule has 2 aromatic heterocycles. The molecule has 0 spiro atoms. The maximum Gasteiger partial charge on any atom is 0.433 e. The highest BCUT2D eigenvalue weighted by Crippen LogP contribution is 2.39. The van der Waals surface area contributed by atoms with Crippen LogP contribution in [0.25, 0.3) is 10.9 Å². The number of nitrogens with two attached hydrogens (primary N) is 1. The molecule has 0 atom stereocenters. The van der Waals surface area contributed by atoms with Crippen molar-refractivity contribution in [3.8, 4) is 0 Å². The van der Waals surface area contributed by atoms with Crippen LogP contribution < -0.4 is 10.5 Å². The molecular weight excluding hydrogens is 475 g/mol. The van der Waals surface area contributed by atoms with E-state index >= 15 is 0 Å². The Labute approximate surface area is 185 Å². The molecule has 4 rings (SSSR count). The summed E-state index contributed by atoms with van der Waals surface area (Å²) in [5.41, 5.74) is -0.655. The number of hydrogen-bond donors (Lipinski definition) is 2. The van der Waals surface area contributed by atoms with Crippen molar-refractivity contribution >= 4 is 49.7 Å². The summed E-state index contributed by atoms with van der Waals surface area (Å²) in [7, 11) is -3.88. The maximum absolute atomic E-state index is 13.4. The van der Waals surface area contributed by atoms with Crippen LogP contribution in [0, 0.1) is 6.92 Å². The van der Waals surface area contributed by atoms with Gasteiger partial charge in [0.25, 0.3) is 10.2 Å². The van der Waals surface area contributed by atoms with Gasteiger partial charge in [0, 0.05) is 46.8 Å². The summed E-state index contributed by atoms with van der Waals surface area (Å²) < 4.78 is 64.6. The highest BCUT2D eigenvalue weighted by molar-refractivity contribution is 7.86. The Balaban J connectivity index is 1.71. The summed E-state index contributed by atoms with van der Waals surface area (Å²) in [5, 5.41) is 11.6. The molecule has 0 bridgehead atoms. The number of pyridine rings is 1. The fourth-order valence-electron chi connectivity index (χ4n) is 3.48. The minimum Gasteiger partial charge on any atom is -0.383 e. The van der Waals surface area contributed by atoms with Crippen molar-refractivity contribution in [1.29, 1.82) is 0 Å². The number of nitrogens with zero attached hydrogens (tertiary/aromatic N) is 3. The first-order chi connectivity index (χ1) is 14.4. The van der Waals surface area contributed by atoms with Crippen LogP contribution in [0.5, 0.6) is 0 Å². The molecule has 1 saturated heterocycles. The van der Waals surface area contributed by atoms with Gasteiger partial charge in [-0.1, -0.05) is 11.6 Å². The molecule has 3 aromatic rings. The number of benzene rings is 1. The normalized spacial score (nSPS) is 17.0. The number of aromatic nitrogens is 2. The molecule has 0 saturated carbocycles. The molecule has 1 fully saturated rings. The molecule has 0 amide bonds. The van der Waals surface area contributed by atoms with Gasteiger partial charge in [-0.2, -0.15) is 25.9 Å². The summed E-state index contributed by atoms with van der Waals surface area (Å²) in [6.07, 6.45) is -4.63. The van der Waals surface area contributed by atoms with Crippen LogP contribution in [-0.2, 0) is 21.8 Å². The quantitative estimate of drug-likeness (QED) is 0.568. The van der Waals surface area contributed by atoms with Gasteiger partial charge in [-0.3, -0.25) is 0 Å². The summed E-state index contributed by atoms with van der Waals surface area (Å²) >= 11 is 7.41. The first-order valence-electron chi connectivity index (χ1n) is 8.99. The molecule has 31 heavy (non-hydrogen) atoms. The molecule has 0 aliphatic carbocycles. The summed E-state index contributed by atoms with van der Waals surface area (Å²) in [5.74, 6) is 0. The Morgan fingerprint density at radius 2 is 2.00 bits per heavy atom. The molecule has 3 heterocycles. The highest BCUT2D eigenvalue weighted by Gasteiger charge is 2.50. The van der Waals surface area contributed by atoms with E-state index in [0.717, 1.165) is 16.1 Å². The van der Waals surface area contributed by atoms with Crippen molar-refractivity contribution in [2.45, 2.75) is 18.5 Å². The third-order valence-corrected chi connectivity index (χ3v) is 7.49. The minimum absolute atomic E-state index is 0.0711. The second-order valence-corrected chi connectivity index (χ2v) is 10.3. The van der Waals surface area contributed by atoms with Crippen molar-refractivity contribution in [1.82, 2.24) is 14.3 Å². The molecule has 166 valence electrons. The zero-order chi connectivity index (χ0) is 22.6. The van der Waals surface area contributed by atoms with E-state index in [9.17, 15) is 21.6 Å². The number of rotatable bonds is 5. The lowest BCUT2D eigenvalue weighted by atomic mass is 9.82. The average Bonchev–Trinajstić information content (AvgIpc) is 3.05. The van der Waals surface area contributed by atoms with Gasteiger partial charge in [-0.25, -0.2) is 15.1 Å². The van der Waals surface area contributed by atoms with Crippen LogP contribution in [0.1, 0.15) is 16.4 Å². The Bertz CT molecular complexity index is 1260. The average molecular weight is 492 g/mol. The Morgan fingerprint density at radius 3 is 2.58 bits per heavy atom. The second kappa shape index (κ2) is 7.55. The maximum atomic E-state index is 13.4. The minimum atomic E-state index is -4.63. The molecule has 3 N–H and O–H groups in total. The lowest BCUT2D eigenvalue weighted by Crippen LogP contribution is -2.65. The summed E-state index contributed by atoms with van der Waals surface area (Å²) in [4.78, 5) is 8.16. The molecular formula is C18H17ClF3N5O2S2. The topological polar surface area (TPSA) is 101 Å². The van der Waals surface area contributed by atoms with Gasteiger partial charge < -0.3 is 5.32 Å². The molecule has 0 unspecified atom stereocenters. The van der Waals surface area contributed by atoms with Crippen LogP contribution in [-0.4, -0.2) is 42.3 Å². The molecule has 0 radical (unpaired) electrons. The first-order valence-corrected chi connectivity index (χ1v) is 11.8. The third-order valence-electron chi connectivity index (χ3n) is 5.07. The van der Waals surface area contributed by atoms with Crippen LogP contribution in [0.4, 0.5) is 18.9 Å². The van der Waals surface area contributed by atoms with Gasteiger partial charge in [-0.15, -0.1) is 11.3 Å². The number of alkyl halides is 3. The second-order valence-electron chi connectivity index (χ2n) is 7.46. The lowest BCUT2D eigenvalue weighted by molar-refractivity contribution is -0.140. The smallest absolute Gasteiger partial charge is 0.383 e. The molecule has 1 aromatic carbocycles. The van der Waals surface area contributed by atoms with E-state index in [4.69, 9.17) is 16.7 Å². The van der Waals surface area contributed by atoms with E-state index in [0.29, 0.717) is 15.4 Å².